The van der Waals surface area contributed by atoms with Crippen LogP contribution in [0.3, 0.4) is 0 Å². The molecule has 0 saturated carbocycles. The number of nitrogens with one attached hydrogen (secondary N) is 2. The van der Waals surface area contributed by atoms with Crippen molar-refractivity contribution in [3.63, 3.8) is 0 Å². The first kappa shape index (κ1) is 22.4. The van der Waals surface area contributed by atoms with E-state index >= 15 is 0 Å². The van der Waals surface area contributed by atoms with Gasteiger partial charge in [0, 0.05) is 37.6 Å². The fourth-order valence-electron chi connectivity index (χ4n) is 4.57. The van der Waals surface area contributed by atoms with Gasteiger partial charge in [0.1, 0.15) is 11.6 Å². The second-order valence-corrected chi connectivity index (χ2v) is 8.92. The molecule has 32 heavy (non-hydrogen) atoms. The molecule has 7 nitrogen and oxygen atoms in total. The van der Waals surface area contributed by atoms with Crippen LogP contribution >= 0.6 is 0 Å². The molecule has 0 aromatic carbocycles. The van der Waals surface area contributed by atoms with Crippen LogP contribution in [0.25, 0.3) is 0 Å². The number of hydrogen-bond acceptors (Lipinski definition) is 5. The number of aryl methyl sites for hydroxylation is 4. The fraction of sp³-hybridized carbons (Fsp3) is 0.560. The molecule has 0 bridgehead atoms. The van der Waals surface area contributed by atoms with Gasteiger partial charge >= 0.3 is 6.03 Å². The molecular weight excluding hydrogens is 400 g/mol. The Balaban J connectivity index is 1.15. The Morgan fingerprint density at radius 3 is 1.78 bits per heavy atom. The second-order valence-electron chi connectivity index (χ2n) is 8.92. The van der Waals surface area contributed by atoms with Crippen LogP contribution in [0.5, 0.6) is 0 Å². The zero-order valence-corrected chi connectivity index (χ0v) is 19.0. The maximum atomic E-state index is 11.9. The van der Waals surface area contributed by atoms with Crippen LogP contribution in [-0.4, -0.2) is 47.1 Å². The van der Waals surface area contributed by atoms with Gasteiger partial charge in [0.05, 0.1) is 0 Å². The Labute approximate surface area is 191 Å². The molecule has 2 aliphatic heterocycles. The number of hydrogen-bond donors (Lipinski definition) is 3. The highest BCUT2D eigenvalue weighted by Crippen LogP contribution is 2.21. The van der Waals surface area contributed by atoms with E-state index in [0.717, 1.165) is 87.5 Å². The van der Waals surface area contributed by atoms with E-state index in [1.54, 1.807) is 4.90 Å². The number of fused-ring (bicyclic) bond motifs is 2. The highest BCUT2D eigenvalue weighted by molar-refractivity contribution is 5.71. The second kappa shape index (κ2) is 11.2. The maximum absolute atomic E-state index is 11.9. The smallest absolute Gasteiger partial charge is 0.314 e. The van der Waals surface area contributed by atoms with Crippen molar-refractivity contribution in [3.05, 3.63) is 46.8 Å². The van der Waals surface area contributed by atoms with Gasteiger partial charge < -0.3 is 21.3 Å². The van der Waals surface area contributed by atoms with Crippen LogP contribution in [0.4, 0.5) is 16.4 Å². The van der Waals surface area contributed by atoms with Crippen LogP contribution < -0.4 is 16.4 Å². The largest absolute Gasteiger partial charge is 0.370 e. The molecule has 2 aromatic heterocycles. The average Bonchev–Trinajstić information content (AvgIpc) is 2.82. The summed E-state index contributed by atoms with van der Waals surface area (Å²) in [5.41, 5.74) is 10.5. The summed E-state index contributed by atoms with van der Waals surface area (Å²) in [6.07, 6.45) is 10.3. The van der Waals surface area contributed by atoms with Crippen molar-refractivity contribution in [1.82, 2.24) is 14.9 Å². The Morgan fingerprint density at radius 2 is 1.31 bits per heavy atom. The van der Waals surface area contributed by atoms with E-state index in [1.165, 1.54) is 24.0 Å². The number of urea groups is 1. The van der Waals surface area contributed by atoms with Crippen molar-refractivity contribution in [2.75, 3.05) is 36.8 Å². The van der Waals surface area contributed by atoms with Gasteiger partial charge in [-0.1, -0.05) is 12.1 Å². The molecule has 0 aliphatic carbocycles. The number of unbranched alkanes of at least 4 members (excludes halogenated alkanes) is 2. The maximum Gasteiger partial charge on any atom is 0.314 e. The molecule has 4 N–H and O–H groups in total. The molecule has 2 amide bonds. The minimum Gasteiger partial charge on any atom is -0.370 e. The van der Waals surface area contributed by atoms with Crippen LogP contribution in [0.1, 0.15) is 61.0 Å². The third kappa shape index (κ3) is 6.11. The van der Waals surface area contributed by atoms with Crippen molar-refractivity contribution >= 4 is 17.7 Å². The summed E-state index contributed by atoms with van der Waals surface area (Å²) in [6.45, 7) is 3.44. The van der Waals surface area contributed by atoms with E-state index in [1.807, 2.05) is 0 Å². The molecular formula is C25H36N6O. The molecule has 7 heteroatoms. The Bertz CT molecular complexity index is 848. The molecule has 0 unspecified atom stereocenters. The standard InChI is InChI=1S/C25H36N6O/c26-25(32)31(17-3-1-9-21-13-11-19-7-5-15-27-23(19)29-21)18-4-2-10-22-14-12-20-8-6-16-28-24(20)30-22/h11-14H,1-10,15-18H2,(H2,26,32)(H,27,29)(H,28,30). The van der Waals surface area contributed by atoms with E-state index < -0.39 is 0 Å². The molecule has 0 radical (unpaired) electrons. The first-order valence-corrected chi connectivity index (χ1v) is 12.2. The van der Waals surface area contributed by atoms with Gasteiger partial charge in [0.25, 0.3) is 0 Å². The van der Waals surface area contributed by atoms with Crippen molar-refractivity contribution in [3.8, 4) is 0 Å². The zero-order valence-electron chi connectivity index (χ0n) is 19.0. The summed E-state index contributed by atoms with van der Waals surface area (Å²) in [4.78, 5) is 23.1. The summed E-state index contributed by atoms with van der Waals surface area (Å²) < 4.78 is 0. The number of primary amides is 1. The Kier molecular flexibility index (Phi) is 7.80. The third-order valence-corrected chi connectivity index (χ3v) is 6.44. The van der Waals surface area contributed by atoms with Crippen molar-refractivity contribution in [2.24, 2.45) is 5.73 Å². The van der Waals surface area contributed by atoms with Gasteiger partial charge in [-0.2, -0.15) is 0 Å². The van der Waals surface area contributed by atoms with Gasteiger partial charge in [0.2, 0.25) is 0 Å². The van der Waals surface area contributed by atoms with E-state index in [4.69, 9.17) is 15.7 Å². The molecule has 0 fully saturated rings. The number of carbonyl (C=O) groups is 1. The van der Waals surface area contributed by atoms with E-state index in [0.29, 0.717) is 13.1 Å². The summed E-state index contributed by atoms with van der Waals surface area (Å²) in [6, 6.07) is 8.36. The Hall–Kier alpha value is -2.83. The third-order valence-electron chi connectivity index (χ3n) is 6.44. The number of nitrogens with two attached hydrogens (primary N) is 1. The normalized spacial score (nSPS) is 14.6. The lowest BCUT2D eigenvalue weighted by atomic mass is 10.1. The molecule has 4 heterocycles. The van der Waals surface area contributed by atoms with E-state index in [-0.39, 0.29) is 6.03 Å². The van der Waals surface area contributed by atoms with Gasteiger partial charge in [-0.15, -0.1) is 0 Å². The fourth-order valence-corrected chi connectivity index (χ4v) is 4.57. The summed E-state index contributed by atoms with van der Waals surface area (Å²) in [5.74, 6) is 2.11. The number of pyridine rings is 2. The Morgan fingerprint density at radius 1 is 0.812 bits per heavy atom. The number of anilines is 2. The number of rotatable bonds is 10. The van der Waals surface area contributed by atoms with Crippen LogP contribution in [0.15, 0.2) is 24.3 Å². The number of nitrogens with zero attached hydrogens (tertiary/aromatic N) is 3. The summed E-state index contributed by atoms with van der Waals surface area (Å²) in [7, 11) is 0. The monoisotopic (exact) mass is 436 g/mol. The van der Waals surface area contributed by atoms with E-state index in [9.17, 15) is 4.79 Å². The number of carbonyl (C=O) groups excluding carboxylic acids is 1. The molecule has 0 atom stereocenters. The molecule has 2 aliphatic rings. The molecule has 172 valence electrons. The lowest BCUT2D eigenvalue weighted by Crippen LogP contribution is -2.37. The molecule has 4 rings (SSSR count). The lowest BCUT2D eigenvalue weighted by molar-refractivity contribution is 0.205. The van der Waals surface area contributed by atoms with Gasteiger partial charge in [-0.05, 0) is 87.5 Å². The SMILES string of the molecule is NC(=O)N(CCCCc1ccc2c(n1)NCCC2)CCCCc1ccc2c(n1)NCCC2. The molecule has 2 aromatic rings. The zero-order chi connectivity index (χ0) is 22.2. The quantitative estimate of drug-likeness (QED) is 0.491. The summed E-state index contributed by atoms with van der Waals surface area (Å²) in [5, 5.41) is 6.79. The highest BCUT2D eigenvalue weighted by Gasteiger charge is 2.13. The van der Waals surface area contributed by atoms with Crippen molar-refractivity contribution < 1.29 is 4.79 Å². The minimum absolute atomic E-state index is 0.322. The highest BCUT2D eigenvalue weighted by atomic mass is 16.2. The van der Waals surface area contributed by atoms with Crippen molar-refractivity contribution in [1.29, 1.82) is 0 Å². The topological polar surface area (TPSA) is 96.2 Å². The average molecular weight is 437 g/mol. The van der Waals surface area contributed by atoms with E-state index in [2.05, 4.69) is 34.9 Å². The number of aromatic nitrogens is 2. The van der Waals surface area contributed by atoms with Gasteiger partial charge in [-0.3, -0.25) is 0 Å². The first-order chi connectivity index (χ1) is 15.7. The molecule has 0 spiro atoms. The lowest BCUT2D eigenvalue weighted by Gasteiger charge is -2.21. The summed E-state index contributed by atoms with van der Waals surface area (Å²) >= 11 is 0. The predicted octanol–water partition coefficient (Wildman–Crippen LogP) is 3.92. The van der Waals surface area contributed by atoms with Crippen LogP contribution in [0, 0.1) is 0 Å². The minimum atomic E-state index is -0.322. The van der Waals surface area contributed by atoms with Gasteiger partial charge in [0.15, 0.2) is 0 Å². The molecule has 0 saturated heterocycles. The first-order valence-electron chi connectivity index (χ1n) is 12.2. The van der Waals surface area contributed by atoms with Crippen LogP contribution in [-0.2, 0) is 25.7 Å². The number of amides is 2. The predicted molar refractivity (Wildman–Crippen MR) is 129 cm³/mol. The van der Waals surface area contributed by atoms with Crippen molar-refractivity contribution in [2.45, 2.75) is 64.2 Å². The van der Waals surface area contributed by atoms with Gasteiger partial charge in [-0.25, -0.2) is 14.8 Å². The van der Waals surface area contributed by atoms with Crippen LogP contribution in [0.2, 0.25) is 0 Å².